The van der Waals surface area contributed by atoms with Gasteiger partial charge < -0.3 is 4.90 Å². The molecule has 33 heavy (non-hydrogen) atoms. The molecule has 0 aliphatic carbocycles. The Kier molecular flexibility index (Phi) is 5.75. The van der Waals surface area contributed by atoms with Crippen molar-refractivity contribution in [3.63, 3.8) is 0 Å². The SMILES string of the molecule is O=C(CN1C(=O)c2ccccc2C1=O)N1CCN(C(c2ccccc2)c2ccccc2)CC1. The zero-order chi connectivity index (χ0) is 22.8. The van der Waals surface area contributed by atoms with E-state index in [1.807, 2.05) is 36.4 Å². The van der Waals surface area contributed by atoms with E-state index >= 15 is 0 Å². The Morgan fingerprint density at radius 2 is 1.12 bits per heavy atom. The first-order chi connectivity index (χ1) is 16.1. The van der Waals surface area contributed by atoms with Crippen molar-refractivity contribution < 1.29 is 14.4 Å². The summed E-state index contributed by atoms with van der Waals surface area (Å²) >= 11 is 0. The summed E-state index contributed by atoms with van der Waals surface area (Å²) < 4.78 is 0. The van der Waals surface area contributed by atoms with Crippen LogP contribution in [0.2, 0.25) is 0 Å². The molecule has 0 radical (unpaired) electrons. The predicted octanol–water partition coefficient (Wildman–Crippen LogP) is 3.22. The van der Waals surface area contributed by atoms with Crippen LogP contribution < -0.4 is 0 Å². The quantitative estimate of drug-likeness (QED) is 0.573. The Hall–Kier alpha value is -3.77. The van der Waals surface area contributed by atoms with Crippen molar-refractivity contribution in [1.29, 1.82) is 0 Å². The van der Waals surface area contributed by atoms with Crippen molar-refractivity contribution in [3.05, 3.63) is 107 Å². The van der Waals surface area contributed by atoms with Gasteiger partial charge in [-0.05, 0) is 23.3 Å². The van der Waals surface area contributed by atoms with Gasteiger partial charge in [-0.15, -0.1) is 0 Å². The van der Waals surface area contributed by atoms with Gasteiger partial charge in [0.05, 0.1) is 17.2 Å². The number of carbonyl (C=O) groups is 3. The third kappa shape index (κ3) is 4.05. The summed E-state index contributed by atoms with van der Waals surface area (Å²) in [5.74, 6) is -0.980. The second-order valence-electron chi connectivity index (χ2n) is 8.38. The van der Waals surface area contributed by atoms with Crippen molar-refractivity contribution in [2.75, 3.05) is 32.7 Å². The van der Waals surface area contributed by atoms with Crippen LogP contribution >= 0.6 is 0 Å². The van der Waals surface area contributed by atoms with Gasteiger partial charge in [0.15, 0.2) is 0 Å². The highest BCUT2D eigenvalue weighted by Gasteiger charge is 2.37. The molecule has 1 saturated heterocycles. The van der Waals surface area contributed by atoms with Crippen molar-refractivity contribution in [1.82, 2.24) is 14.7 Å². The number of imide groups is 1. The van der Waals surface area contributed by atoms with E-state index in [0.29, 0.717) is 37.3 Å². The van der Waals surface area contributed by atoms with Gasteiger partial charge in [0.1, 0.15) is 6.54 Å². The zero-order valence-corrected chi connectivity index (χ0v) is 18.3. The van der Waals surface area contributed by atoms with Crippen LogP contribution in [0.4, 0.5) is 0 Å². The lowest BCUT2D eigenvalue weighted by molar-refractivity contribution is -0.133. The van der Waals surface area contributed by atoms with Crippen LogP contribution in [0, 0.1) is 0 Å². The Morgan fingerprint density at radius 3 is 1.61 bits per heavy atom. The second-order valence-corrected chi connectivity index (χ2v) is 8.38. The standard InChI is InChI=1S/C27H25N3O3/c31-24(19-30-26(32)22-13-7-8-14-23(22)27(30)33)28-15-17-29(18-16-28)25(20-9-3-1-4-10-20)21-11-5-2-6-12-21/h1-14,25H,15-19H2. The smallest absolute Gasteiger partial charge is 0.262 e. The Balaban J connectivity index is 1.26. The van der Waals surface area contributed by atoms with E-state index in [2.05, 4.69) is 29.2 Å². The normalized spacial score (nSPS) is 16.4. The molecule has 0 spiro atoms. The van der Waals surface area contributed by atoms with E-state index in [9.17, 15) is 14.4 Å². The maximum atomic E-state index is 13.0. The van der Waals surface area contributed by atoms with E-state index in [1.54, 1.807) is 29.2 Å². The van der Waals surface area contributed by atoms with Crippen LogP contribution in [0.3, 0.4) is 0 Å². The van der Waals surface area contributed by atoms with Crippen molar-refractivity contribution >= 4 is 17.7 Å². The predicted molar refractivity (Wildman–Crippen MR) is 125 cm³/mol. The molecule has 6 heteroatoms. The van der Waals surface area contributed by atoms with Gasteiger partial charge in [-0.1, -0.05) is 72.8 Å². The molecule has 3 amide bonds. The molecule has 3 aromatic carbocycles. The number of carbonyl (C=O) groups excluding carboxylic acids is 3. The van der Waals surface area contributed by atoms with Crippen molar-refractivity contribution in [2.24, 2.45) is 0 Å². The summed E-state index contributed by atoms with van der Waals surface area (Å²) in [7, 11) is 0. The average molecular weight is 440 g/mol. The first-order valence-corrected chi connectivity index (χ1v) is 11.2. The Bertz CT molecular complexity index is 1100. The van der Waals surface area contributed by atoms with Gasteiger partial charge in [-0.25, -0.2) is 0 Å². The topological polar surface area (TPSA) is 60.9 Å². The Morgan fingerprint density at radius 1 is 0.667 bits per heavy atom. The molecular formula is C27H25N3O3. The Labute approximate surface area is 193 Å². The van der Waals surface area contributed by atoms with Gasteiger partial charge >= 0.3 is 0 Å². The van der Waals surface area contributed by atoms with Crippen LogP contribution in [-0.2, 0) is 4.79 Å². The van der Waals surface area contributed by atoms with Crippen LogP contribution in [0.25, 0.3) is 0 Å². The summed E-state index contributed by atoms with van der Waals surface area (Å²) in [5.41, 5.74) is 3.17. The van der Waals surface area contributed by atoms with Crippen LogP contribution in [0.15, 0.2) is 84.9 Å². The van der Waals surface area contributed by atoms with E-state index in [1.165, 1.54) is 11.1 Å². The van der Waals surface area contributed by atoms with Crippen molar-refractivity contribution in [2.45, 2.75) is 6.04 Å². The van der Waals surface area contributed by atoms with Crippen LogP contribution in [0.5, 0.6) is 0 Å². The fourth-order valence-corrected chi connectivity index (χ4v) is 4.73. The number of benzene rings is 3. The molecule has 0 bridgehead atoms. The number of nitrogens with zero attached hydrogens (tertiary/aromatic N) is 3. The molecule has 2 heterocycles. The van der Waals surface area contributed by atoms with E-state index in [4.69, 9.17) is 0 Å². The molecule has 166 valence electrons. The molecule has 3 aromatic rings. The highest BCUT2D eigenvalue weighted by Crippen LogP contribution is 2.29. The number of rotatable bonds is 5. The van der Waals surface area contributed by atoms with Gasteiger partial charge in [-0.2, -0.15) is 0 Å². The van der Waals surface area contributed by atoms with Crippen LogP contribution in [0.1, 0.15) is 37.9 Å². The lowest BCUT2D eigenvalue weighted by atomic mass is 9.96. The molecule has 6 nitrogen and oxygen atoms in total. The molecule has 5 rings (SSSR count). The van der Waals surface area contributed by atoms with Gasteiger partial charge in [0.25, 0.3) is 11.8 Å². The minimum atomic E-state index is -0.393. The fourth-order valence-electron chi connectivity index (χ4n) is 4.73. The minimum absolute atomic E-state index is 0.112. The van der Waals surface area contributed by atoms with Gasteiger partial charge in [0, 0.05) is 26.2 Å². The highest BCUT2D eigenvalue weighted by atomic mass is 16.2. The number of piperazine rings is 1. The molecule has 0 aromatic heterocycles. The average Bonchev–Trinajstić information content (AvgIpc) is 3.11. The summed E-state index contributed by atoms with van der Waals surface area (Å²) in [6.07, 6.45) is 0. The third-order valence-electron chi connectivity index (χ3n) is 6.43. The molecule has 0 N–H and O–H groups in total. The molecule has 1 fully saturated rings. The molecule has 0 atom stereocenters. The van der Waals surface area contributed by atoms with Gasteiger partial charge in [0.2, 0.25) is 5.91 Å². The highest BCUT2D eigenvalue weighted by molar-refractivity contribution is 6.22. The maximum absolute atomic E-state index is 13.0. The van der Waals surface area contributed by atoms with E-state index < -0.39 is 11.8 Å². The lowest BCUT2D eigenvalue weighted by Gasteiger charge is -2.40. The van der Waals surface area contributed by atoms with Gasteiger partial charge in [-0.3, -0.25) is 24.2 Å². The number of amides is 3. The number of hydrogen-bond donors (Lipinski definition) is 0. The van der Waals surface area contributed by atoms with Crippen molar-refractivity contribution in [3.8, 4) is 0 Å². The largest absolute Gasteiger partial charge is 0.339 e. The minimum Gasteiger partial charge on any atom is -0.339 e. The first-order valence-electron chi connectivity index (χ1n) is 11.2. The maximum Gasteiger partial charge on any atom is 0.262 e. The zero-order valence-electron chi connectivity index (χ0n) is 18.3. The molecule has 0 unspecified atom stereocenters. The third-order valence-corrected chi connectivity index (χ3v) is 6.43. The summed E-state index contributed by atoms with van der Waals surface area (Å²) in [6.45, 7) is 2.31. The number of fused-ring (bicyclic) bond motifs is 1. The molecule has 2 aliphatic heterocycles. The molecule has 0 saturated carbocycles. The first kappa shape index (κ1) is 21.1. The second kappa shape index (κ2) is 9.00. The van der Waals surface area contributed by atoms with Crippen LogP contribution in [-0.4, -0.2) is 65.1 Å². The number of hydrogen-bond acceptors (Lipinski definition) is 4. The lowest BCUT2D eigenvalue weighted by Crippen LogP contribution is -2.52. The fraction of sp³-hybridized carbons (Fsp3) is 0.222. The molecule has 2 aliphatic rings. The summed E-state index contributed by atoms with van der Waals surface area (Å²) in [5, 5.41) is 0. The van der Waals surface area contributed by atoms with E-state index in [-0.39, 0.29) is 18.5 Å². The monoisotopic (exact) mass is 439 g/mol. The molecular weight excluding hydrogens is 414 g/mol. The summed E-state index contributed by atoms with van der Waals surface area (Å²) in [4.78, 5) is 43.4. The van der Waals surface area contributed by atoms with E-state index in [0.717, 1.165) is 4.90 Å². The summed E-state index contributed by atoms with van der Waals surface area (Å²) in [6, 6.07) is 27.6.